The largest absolute Gasteiger partial charge is 0.508 e. The van der Waals surface area contributed by atoms with E-state index >= 15 is 0 Å². The fourth-order valence-corrected chi connectivity index (χ4v) is 1.63. The highest BCUT2D eigenvalue weighted by atomic mass is 35.5. The van der Waals surface area contributed by atoms with Crippen molar-refractivity contribution in [1.82, 2.24) is 0 Å². The van der Waals surface area contributed by atoms with Crippen LogP contribution in [-0.4, -0.2) is 5.11 Å². The first-order chi connectivity index (χ1) is 7.74. The molecule has 0 unspecified atom stereocenters. The molecule has 0 aromatic heterocycles. The third-order valence-electron chi connectivity index (χ3n) is 2.19. The molecule has 1 N–H and O–H groups in total. The van der Waals surface area contributed by atoms with Crippen molar-refractivity contribution in [3.63, 3.8) is 0 Å². The van der Waals surface area contributed by atoms with E-state index in [-0.39, 0.29) is 5.75 Å². The Morgan fingerprint density at radius 1 is 0.875 bits per heavy atom. The molecule has 0 saturated carbocycles. The molecule has 16 heavy (non-hydrogen) atoms. The molecule has 0 heterocycles. The SMILES string of the molecule is Oc1cccc(/C=C/c2cccc(Cl)c2)c1. The Kier molecular flexibility index (Phi) is 3.28. The van der Waals surface area contributed by atoms with Crippen molar-refractivity contribution in [2.24, 2.45) is 0 Å². The molecule has 2 heteroatoms. The van der Waals surface area contributed by atoms with Gasteiger partial charge in [-0.2, -0.15) is 0 Å². The van der Waals surface area contributed by atoms with Gasteiger partial charge in [-0.15, -0.1) is 0 Å². The summed E-state index contributed by atoms with van der Waals surface area (Å²) in [6, 6.07) is 14.7. The van der Waals surface area contributed by atoms with E-state index in [0.717, 1.165) is 16.1 Å². The predicted octanol–water partition coefficient (Wildman–Crippen LogP) is 4.22. The average molecular weight is 231 g/mol. The van der Waals surface area contributed by atoms with Crippen LogP contribution in [0.5, 0.6) is 5.75 Å². The number of aromatic hydroxyl groups is 1. The first kappa shape index (κ1) is 10.8. The molecule has 0 aliphatic heterocycles. The van der Waals surface area contributed by atoms with Crippen LogP contribution in [0.3, 0.4) is 0 Å². The van der Waals surface area contributed by atoms with Gasteiger partial charge in [-0.3, -0.25) is 0 Å². The van der Waals surface area contributed by atoms with Crippen LogP contribution in [0.2, 0.25) is 5.02 Å². The molecule has 2 rings (SSSR count). The van der Waals surface area contributed by atoms with Gasteiger partial charge in [0.2, 0.25) is 0 Å². The topological polar surface area (TPSA) is 20.2 Å². The summed E-state index contributed by atoms with van der Waals surface area (Å²) < 4.78 is 0. The van der Waals surface area contributed by atoms with Crippen molar-refractivity contribution in [1.29, 1.82) is 0 Å². The maximum atomic E-state index is 9.30. The number of benzene rings is 2. The number of hydrogen-bond acceptors (Lipinski definition) is 1. The zero-order chi connectivity index (χ0) is 11.4. The smallest absolute Gasteiger partial charge is 0.116 e. The number of phenols is 1. The van der Waals surface area contributed by atoms with Crippen LogP contribution < -0.4 is 0 Å². The van der Waals surface area contributed by atoms with Gasteiger partial charge in [0.25, 0.3) is 0 Å². The van der Waals surface area contributed by atoms with Gasteiger partial charge in [-0.05, 0) is 35.4 Å². The second kappa shape index (κ2) is 4.86. The third kappa shape index (κ3) is 2.88. The van der Waals surface area contributed by atoms with E-state index in [1.807, 2.05) is 48.6 Å². The second-order valence-corrected chi connectivity index (χ2v) is 3.92. The molecule has 2 aromatic carbocycles. The van der Waals surface area contributed by atoms with Crippen LogP contribution in [0, 0.1) is 0 Å². The van der Waals surface area contributed by atoms with E-state index in [2.05, 4.69) is 0 Å². The molecule has 1 nitrogen and oxygen atoms in total. The average Bonchev–Trinajstić information content (AvgIpc) is 2.27. The van der Waals surface area contributed by atoms with E-state index in [9.17, 15) is 5.11 Å². The van der Waals surface area contributed by atoms with Crippen LogP contribution in [0.15, 0.2) is 48.5 Å². The van der Waals surface area contributed by atoms with Gasteiger partial charge >= 0.3 is 0 Å². The third-order valence-corrected chi connectivity index (χ3v) is 2.42. The standard InChI is InChI=1S/C14H11ClO/c15-13-5-1-3-11(9-13)7-8-12-4-2-6-14(16)10-12/h1-10,16H/b8-7+. The summed E-state index contributed by atoms with van der Waals surface area (Å²) in [7, 11) is 0. The first-order valence-electron chi connectivity index (χ1n) is 4.97. The van der Waals surface area contributed by atoms with Crippen molar-refractivity contribution in [3.8, 4) is 5.75 Å². The van der Waals surface area contributed by atoms with Crippen LogP contribution in [0.25, 0.3) is 12.2 Å². The zero-order valence-corrected chi connectivity index (χ0v) is 9.35. The van der Waals surface area contributed by atoms with Crippen molar-refractivity contribution >= 4 is 23.8 Å². The van der Waals surface area contributed by atoms with Gasteiger partial charge in [0.1, 0.15) is 5.75 Å². The van der Waals surface area contributed by atoms with E-state index in [4.69, 9.17) is 11.6 Å². The van der Waals surface area contributed by atoms with E-state index < -0.39 is 0 Å². The Balaban J connectivity index is 2.21. The summed E-state index contributed by atoms with van der Waals surface area (Å²) in [5.74, 6) is 0.272. The number of hydrogen-bond donors (Lipinski definition) is 1. The molecule has 80 valence electrons. The Labute approximate surface area is 99.6 Å². The van der Waals surface area contributed by atoms with Crippen molar-refractivity contribution in [2.45, 2.75) is 0 Å². The fraction of sp³-hybridized carbons (Fsp3) is 0. The van der Waals surface area contributed by atoms with Crippen molar-refractivity contribution < 1.29 is 5.11 Å². The van der Waals surface area contributed by atoms with Crippen LogP contribution in [-0.2, 0) is 0 Å². The highest BCUT2D eigenvalue weighted by molar-refractivity contribution is 6.30. The van der Waals surface area contributed by atoms with Crippen LogP contribution in [0.4, 0.5) is 0 Å². The second-order valence-electron chi connectivity index (χ2n) is 3.48. The molecular weight excluding hydrogens is 220 g/mol. The lowest BCUT2D eigenvalue weighted by atomic mass is 10.1. The summed E-state index contributed by atoms with van der Waals surface area (Å²) in [6.45, 7) is 0. The Hall–Kier alpha value is -1.73. The predicted molar refractivity (Wildman–Crippen MR) is 68.5 cm³/mol. The Morgan fingerprint density at radius 2 is 1.50 bits per heavy atom. The summed E-state index contributed by atoms with van der Waals surface area (Å²) >= 11 is 5.88. The molecule has 0 saturated heterocycles. The fourth-order valence-electron chi connectivity index (χ4n) is 1.43. The lowest BCUT2D eigenvalue weighted by Gasteiger charge is -1.96. The zero-order valence-electron chi connectivity index (χ0n) is 8.60. The first-order valence-corrected chi connectivity index (χ1v) is 5.34. The minimum atomic E-state index is 0.272. The number of rotatable bonds is 2. The van der Waals surface area contributed by atoms with Crippen molar-refractivity contribution in [2.75, 3.05) is 0 Å². The molecule has 0 fully saturated rings. The maximum absolute atomic E-state index is 9.30. The van der Waals surface area contributed by atoms with Gasteiger partial charge in [0.15, 0.2) is 0 Å². The van der Waals surface area contributed by atoms with Crippen LogP contribution in [0.1, 0.15) is 11.1 Å². The van der Waals surface area contributed by atoms with Gasteiger partial charge in [-0.1, -0.05) is 48.0 Å². The quantitative estimate of drug-likeness (QED) is 0.766. The monoisotopic (exact) mass is 230 g/mol. The number of halogens is 1. The van der Waals surface area contributed by atoms with E-state index in [1.54, 1.807) is 12.1 Å². The normalized spacial score (nSPS) is 10.8. The summed E-state index contributed by atoms with van der Waals surface area (Å²) in [4.78, 5) is 0. The van der Waals surface area contributed by atoms with E-state index in [1.165, 1.54) is 0 Å². The van der Waals surface area contributed by atoms with E-state index in [0.29, 0.717) is 0 Å². The molecular formula is C14H11ClO. The molecule has 0 spiro atoms. The molecule has 0 radical (unpaired) electrons. The van der Waals surface area contributed by atoms with Gasteiger partial charge in [0.05, 0.1) is 0 Å². The Morgan fingerprint density at radius 3 is 2.12 bits per heavy atom. The van der Waals surface area contributed by atoms with Crippen LogP contribution >= 0.6 is 11.6 Å². The van der Waals surface area contributed by atoms with Gasteiger partial charge in [0, 0.05) is 5.02 Å². The maximum Gasteiger partial charge on any atom is 0.116 e. The molecule has 0 bridgehead atoms. The molecule has 0 aliphatic rings. The minimum Gasteiger partial charge on any atom is -0.508 e. The highest BCUT2D eigenvalue weighted by Crippen LogP contribution is 2.16. The summed E-state index contributed by atoms with van der Waals surface area (Å²) in [6.07, 6.45) is 3.89. The minimum absolute atomic E-state index is 0.272. The van der Waals surface area contributed by atoms with Gasteiger partial charge < -0.3 is 5.11 Å². The summed E-state index contributed by atoms with van der Waals surface area (Å²) in [5, 5.41) is 10.0. The molecule has 0 atom stereocenters. The lowest BCUT2D eigenvalue weighted by molar-refractivity contribution is 0.475. The van der Waals surface area contributed by atoms with Crippen molar-refractivity contribution in [3.05, 3.63) is 64.7 Å². The molecule has 0 amide bonds. The Bertz CT molecular complexity index is 470. The summed E-state index contributed by atoms with van der Waals surface area (Å²) in [5.41, 5.74) is 2.00. The van der Waals surface area contributed by atoms with Gasteiger partial charge in [-0.25, -0.2) is 0 Å². The highest BCUT2D eigenvalue weighted by Gasteiger charge is 1.91. The lowest BCUT2D eigenvalue weighted by Crippen LogP contribution is -1.73. The molecule has 0 aliphatic carbocycles. The number of phenolic OH excluding ortho intramolecular Hbond substituents is 1. The molecule has 2 aromatic rings.